The summed E-state index contributed by atoms with van der Waals surface area (Å²) in [6.07, 6.45) is -0.512. The molecule has 4 N–H and O–H groups in total. The van der Waals surface area contributed by atoms with Gasteiger partial charge in [0, 0.05) is 24.9 Å². The predicted molar refractivity (Wildman–Crippen MR) is 30.1 cm³/mol. The molecular weight excluding hydrogens is 126 g/mol. The van der Waals surface area contributed by atoms with E-state index in [-0.39, 0.29) is 12.8 Å². The maximum Gasteiger partial charge on any atom is 0.251 e. The fourth-order valence-corrected chi connectivity index (χ4v) is 1.08. The van der Waals surface area contributed by atoms with E-state index in [1.807, 2.05) is 0 Å². The molecular formula is C5H10F2N2. The standard InChI is InChI=1S/C5H10F2N2/c6-5(7)1-3(8)4(9)2-5/h3-4H,1-2,8-9H2. The lowest BCUT2D eigenvalue weighted by molar-refractivity contribution is 0.00693. The number of rotatable bonds is 0. The molecule has 4 heteroatoms. The van der Waals surface area contributed by atoms with Gasteiger partial charge < -0.3 is 11.5 Å². The Bertz CT molecular complexity index is 104. The summed E-state index contributed by atoms with van der Waals surface area (Å²) in [6, 6.07) is -1.03. The first kappa shape index (κ1) is 6.89. The number of alkyl halides is 2. The van der Waals surface area contributed by atoms with E-state index in [1.165, 1.54) is 0 Å². The van der Waals surface area contributed by atoms with Crippen molar-refractivity contribution in [1.29, 1.82) is 0 Å². The van der Waals surface area contributed by atoms with Gasteiger partial charge in [-0.15, -0.1) is 0 Å². The van der Waals surface area contributed by atoms with E-state index >= 15 is 0 Å². The van der Waals surface area contributed by atoms with Gasteiger partial charge in [0.05, 0.1) is 0 Å². The van der Waals surface area contributed by atoms with Gasteiger partial charge in [-0.1, -0.05) is 0 Å². The van der Waals surface area contributed by atoms with E-state index in [2.05, 4.69) is 0 Å². The van der Waals surface area contributed by atoms with Gasteiger partial charge in [-0.25, -0.2) is 8.78 Å². The zero-order valence-corrected chi connectivity index (χ0v) is 4.98. The van der Waals surface area contributed by atoms with Crippen molar-refractivity contribution in [3.63, 3.8) is 0 Å². The summed E-state index contributed by atoms with van der Waals surface area (Å²) in [6.45, 7) is 0. The van der Waals surface area contributed by atoms with Crippen molar-refractivity contribution in [3.8, 4) is 0 Å². The number of hydrogen-bond acceptors (Lipinski definition) is 2. The summed E-state index contributed by atoms with van der Waals surface area (Å²) < 4.78 is 24.6. The summed E-state index contributed by atoms with van der Waals surface area (Å²) in [5, 5.41) is 0. The van der Waals surface area contributed by atoms with E-state index in [9.17, 15) is 8.78 Å². The van der Waals surface area contributed by atoms with Crippen LogP contribution in [-0.2, 0) is 0 Å². The third kappa shape index (κ3) is 1.37. The van der Waals surface area contributed by atoms with Crippen LogP contribution in [0.15, 0.2) is 0 Å². The average Bonchev–Trinajstić information content (AvgIpc) is 1.79. The third-order valence-electron chi connectivity index (χ3n) is 1.62. The summed E-state index contributed by atoms with van der Waals surface area (Å²) in [5.41, 5.74) is 10.5. The molecule has 1 aliphatic rings. The van der Waals surface area contributed by atoms with Gasteiger partial charge in [-0.05, 0) is 0 Å². The molecule has 0 saturated heterocycles. The zero-order valence-electron chi connectivity index (χ0n) is 4.98. The molecule has 2 unspecified atom stereocenters. The van der Waals surface area contributed by atoms with Gasteiger partial charge in [-0.3, -0.25) is 0 Å². The van der Waals surface area contributed by atoms with Crippen LogP contribution in [0.3, 0.4) is 0 Å². The van der Waals surface area contributed by atoms with E-state index in [1.54, 1.807) is 0 Å². The van der Waals surface area contributed by atoms with Crippen molar-refractivity contribution in [2.24, 2.45) is 11.5 Å². The van der Waals surface area contributed by atoms with Crippen LogP contribution >= 0.6 is 0 Å². The maximum absolute atomic E-state index is 12.3. The van der Waals surface area contributed by atoms with Crippen molar-refractivity contribution in [3.05, 3.63) is 0 Å². The zero-order chi connectivity index (χ0) is 7.07. The largest absolute Gasteiger partial charge is 0.326 e. The summed E-state index contributed by atoms with van der Waals surface area (Å²) in [7, 11) is 0. The molecule has 1 aliphatic carbocycles. The quantitative estimate of drug-likeness (QED) is 0.495. The Kier molecular flexibility index (Phi) is 1.44. The van der Waals surface area contributed by atoms with Crippen molar-refractivity contribution in [2.75, 3.05) is 0 Å². The monoisotopic (exact) mass is 136 g/mol. The first-order valence-corrected chi connectivity index (χ1v) is 2.90. The van der Waals surface area contributed by atoms with Gasteiger partial charge in [-0.2, -0.15) is 0 Å². The van der Waals surface area contributed by atoms with Crippen LogP contribution in [0.5, 0.6) is 0 Å². The normalized spacial score (nSPS) is 41.3. The molecule has 0 amide bonds. The fraction of sp³-hybridized carbons (Fsp3) is 1.00. The topological polar surface area (TPSA) is 52.0 Å². The lowest BCUT2D eigenvalue weighted by Crippen LogP contribution is -2.35. The summed E-state index contributed by atoms with van der Waals surface area (Å²) >= 11 is 0. The molecule has 54 valence electrons. The Morgan fingerprint density at radius 1 is 1.11 bits per heavy atom. The molecule has 0 spiro atoms. The molecule has 0 aliphatic heterocycles. The Morgan fingerprint density at radius 3 is 1.56 bits per heavy atom. The van der Waals surface area contributed by atoms with Crippen LogP contribution in [0.2, 0.25) is 0 Å². The first-order chi connectivity index (χ1) is 4.01. The highest BCUT2D eigenvalue weighted by Crippen LogP contribution is 2.32. The molecule has 0 aromatic carbocycles. The van der Waals surface area contributed by atoms with Crippen molar-refractivity contribution in [2.45, 2.75) is 30.8 Å². The molecule has 9 heavy (non-hydrogen) atoms. The molecule has 1 rings (SSSR count). The molecule has 0 heterocycles. The van der Waals surface area contributed by atoms with E-state index in [4.69, 9.17) is 11.5 Å². The van der Waals surface area contributed by atoms with Gasteiger partial charge in [0.15, 0.2) is 0 Å². The molecule has 1 fully saturated rings. The number of hydrogen-bond donors (Lipinski definition) is 2. The highest BCUT2D eigenvalue weighted by molar-refractivity contribution is 4.93. The Labute approximate surface area is 52.2 Å². The highest BCUT2D eigenvalue weighted by atomic mass is 19.3. The second-order valence-electron chi connectivity index (χ2n) is 2.59. The Morgan fingerprint density at radius 2 is 1.44 bits per heavy atom. The van der Waals surface area contributed by atoms with E-state index < -0.39 is 18.0 Å². The lowest BCUT2D eigenvalue weighted by Gasteiger charge is -2.04. The Hall–Kier alpha value is -0.220. The highest BCUT2D eigenvalue weighted by Gasteiger charge is 2.42. The number of halogens is 2. The average molecular weight is 136 g/mol. The van der Waals surface area contributed by atoms with Crippen LogP contribution in [0.25, 0.3) is 0 Å². The minimum absolute atomic E-state index is 0.256. The second kappa shape index (κ2) is 1.88. The minimum atomic E-state index is -2.61. The molecule has 0 aromatic rings. The molecule has 0 radical (unpaired) electrons. The van der Waals surface area contributed by atoms with Gasteiger partial charge in [0.1, 0.15) is 0 Å². The van der Waals surface area contributed by atoms with Crippen molar-refractivity contribution in [1.82, 2.24) is 0 Å². The van der Waals surface area contributed by atoms with Crippen LogP contribution in [-0.4, -0.2) is 18.0 Å². The van der Waals surface area contributed by atoms with Crippen molar-refractivity contribution >= 4 is 0 Å². The lowest BCUT2D eigenvalue weighted by atomic mass is 10.2. The SMILES string of the molecule is NC1CC(F)(F)CC1N. The van der Waals surface area contributed by atoms with Crippen LogP contribution < -0.4 is 11.5 Å². The van der Waals surface area contributed by atoms with Gasteiger partial charge in [0.25, 0.3) is 5.92 Å². The molecule has 0 bridgehead atoms. The van der Waals surface area contributed by atoms with Crippen LogP contribution in [0.4, 0.5) is 8.78 Å². The predicted octanol–water partition coefficient (Wildman–Crippen LogP) is 0.0701. The Balaban J connectivity index is 2.54. The fourth-order valence-electron chi connectivity index (χ4n) is 1.08. The molecule has 1 saturated carbocycles. The van der Waals surface area contributed by atoms with Gasteiger partial charge >= 0.3 is 0 Å². The summed E-state index contributed by atoms with van der Waals surface area (Å²) in [5.74, 6) is -2.61. The minimum Gasteiger partial charge on any atom is -0.326 e. The summed E-state index contributed by atoms with van der Waals surface area (Å²) in [4.78, 5) is 0. The van der Waals surface area contributed by atoms with Crippen LogP contribution in [0, 0.1) is 0 Å². The maximum atomic E-state index is 12.3. The smallest absolute Gasteiger partial charge is 0.251 e. The first-order valence-electron chi connectivity index (χ1n) is 2.90. The van der Waals surface area contributed by atoms with E-state index in [0.29, 0.717) is 0 Å². The van der Waals surface area contributed by atoms with Gasteiger partial charge in [0.2, 0.25) is 0 Å². The third-order valence-corrected chi connectivity index (χ3v) is 1.62. The molecule has 2 nitrogen and oxygen atoms in total. The molecule has 0 aromatic heterocycles. The second-order valence-corrected chi connectivity index (χ2v) is 2.59. The van der Waals surface area contributed by atoms with E-state index in [0.717, 1.165) is 0 Å². The van der Waals surface area contributed by atoms with Crippen molar-refractivity contribution < 1.29 is 8.78 Å². The number of nitrogens with two attached hydrogens (primary N) is 2. The molecule has 2 atom stereocenters. The van der Waals surface area contributed by atoms with Crippen LogP contribution in [0.1, 0.15) is 12.8 Å².